The summed E-state index contributed by atoms with van der Waals surface area (Å²) in [4.78, 5) is 0. The Bertz CT molecular complexity index is 383. The van der Waals surface area contributed by atoms with Gasteiger partial charge in [-0.15, -0.1) is 6.58 Å². The summed E-state index contributed by atoms with van der Waals surface area (Å²) in [6, 6.07) is 8.79. The third-order valence-corrected chi connectivity index (χ3v) is 3.24. The monoisotopic (exact) mass is 245 g/mol. The maximum atomic E-state index is 4.01. The lowest BCUT2D eigenvalue weighted by atomic mass is 9.83. The summed E-state index contributed by atoms with van der Waals surface area (Å²) in [6.45, 7) is 15.9. The Morgan fingerprint density at radius 3 is 2.11 bits per heavy atom. The van der Waals surface area contributed by atoms with Crippen molar-refractivity contribution in [3.63, 3.8) is 0 Å². The number of benzene rings is 1. The fourth-order valence-corrected chi connectivity index (χ4v) is 1.85. The van der Waals surface area contributed by atoms with Crippen molar-refractivity contribution in [3.05, 3.63) is 48.0 Å². The molecule has 0 aliphatic carbocycles. The average molecular weight is 245 g/mol. The maximum Gasteiger partial charge on any atom is 0.00968 e. The van der Waals surface area contributed by atoms with Crippen LogP contribution in [-0.4, -0.2) is 12.1 Å². The molecule has 1 unspecified atom stereocenters. The van der Waals surface area contributed by atoms with Gasteiger partial charge in [0, 0.05) is 17.5 Å². The Balaban J connectivity index is 2.70. The summed E-state index contributed by atoms with van der Waals surface area (Å²) in [5, 5.41) is 3.57. The second kappa shape index (κ2) is 5.71. The Morgan fingerprint density at radius 2 is 1.67 bits per heavy atom. The predicted molar refractivity (Wildman–Crippen MR) is 80.9 cm³/mol. The van der Waals surface area contributed by atoms with Crippen LogP contribution in [0.1, 0.15) is 38.8 Å². The first-order valence-electron chi connectivity index (χ1n) is 6.68. The summed E-state index contributed by atoms with van der Waals surface area (Å²) in [6.07, 6.45) is 3.10. The Kier molecular flexibility index (Phi) is 4.75. The molecule has 0 saturated carbocycles. The van der Waals surface area contributed by atoms with E-state index in [-0.39, 0.29) is 11.0 Å². The van der Waals surface area contributed by atoms with E-state index in [4.69, 9.17) is 0 Å². The Hall–Kier alpha value is -1.08. The van der Waals surface area contributed by atoms with E-state index in [1.807, 2.05) is 0 Å². The van der Waals surface area contributed by atoms with E-state index in [0.717, 1.165) is 13.0 Å². The molecule has 0 aliphatic heterocycles. The first-order chi connectivity index (χ1) is 8.24. The van der Waals surface area contributed by atoms with Crippen molar-refractivity contribution in [2.75, 3.05) is 6.54 Å². The van der Waals surface area contributed by atoms with Gasteiger partial charge in [0.2, 0.25) is 0 Å². The molecule has 1 aromatic rings. The molecule has 0 heterocycles. The van der Waals surface area contributed by atoms with Crippen LogP contribution >= 0.6 is 0 Å². The molecule has 1 aromatic carbocycles. The van der Waals surface area contributed by atoms with Crippen LogP contribution in [0, 0.1) is 12.3 Å². The van der Waals surface area contributed by atoms with Crippen molar-refractivity contribution in [1.29, 1.82) is 0 Å². The molecule has 18 heavy (non-hydrogen) atoms. The maximum absolute atomic E-state index is 4.01. The van der Waals surface area contributed by atoms with Crippen LogP contribution in [-0.2, 0) is 6.42 Å². The van der Waals surface area contributed by atoms with Crippen LogP contribution in [0.5, 0.6) is 0 Å². The van der Waals surface area contributed by atoms with E-state index >= 15 is 0 Å². The van der Waals surface area contributed by atoms with Crippen LogP contribution in [0.3, 0.4) is 0 Å². The van der Waals surface area contributed by atoms with Crippen molar-refractivity contribution < 1.29 is 0 Å². The second-order valence-electron chi connectivity index (χ2n) is 6.62. The van der Waals surface area contributed by atoms with Gasteiger partial charge < -0.3 is 5.32 Å². The standard InChI is InChI=1S/C17H27N/c1-7-17(6,13-18-16(3,4)5)12-15-10-8-14(2)9-11-15/h7-11,18H,1,12-13H2,2-6H3. The number of aryl methyl sites for hydroxylation is 1. The third kappa shape index (κ3) is 5.05. The van der Waals surface area contributed by atoms with Crippen molar-refractivity contribution in [1.82, 2.24) is 5.32 Å². The van der Waals surface area contributed by atoms with E-state index in [0.29, 0.717) is 0 Å². The zero-order valence-electron chi connectivity index (χ0n) is 12.5. The molecule has 0 spiro atoms. The molecular formula is C17H27N. The van der Waals surface area contributed by atoms with Gasteiger partial charge in [0.25, 0.3) is 0 Å². The van der Waals surface area contributed by atoms with E-state index in [9.17, 15) is 0 Å². The van der Waals surface area contributed by atoms with Crippen molar-refractivity contribution in [3.8, 4) is 0 Å². The first-order valence-corrected chi connectivity index (χ1v) is 6.68. The molecule has 0 aromatic heterocycles. The zero-order chi connectivity index (χ0) is 13.8. The molecular weight excluding hydrogens is 218 g/mol. The highest BCUT2D eigenvalue weighted by atomic mass is 15.0. The van der Waals surface area contributed by atoms with Crippen molar-refractivity contribution in [2.45, 2.75) is 46.6 Å². The number of hydrogen-bond acceptors (Lipinski definition) is 1. The summed E-state index contributed by atoms with van der Waals surface area (Å²) in [7, 11) is 0. The van der Waals surface area contributed by atoms with Gasteiger partial charge in [-0.2, -0.15) is 0 Å². The smallest absolute Gasteiger partial charge is 0.00968 e. The van der Waals surface area contributed by atoms with Gasteiger partial charge in [-0.25, -0.2) is 0 Å². The van der Waals surface area contributed by atoms with Crippen LogP contribution in [0.2, 0.25) is 0 Å². The summed E-state index contributed by atoms with van der Waals surface area (Å²) in [5.41, 5.74) is 2.94. The lowest BCUT2D eigenvalue weighted by Crippen LogP contribution is -2.43. The Morgan fingerprint density at radius 1 is 1.11 bits per heavy atom. The lowest BCUT2D eigenvalue weighted by molar-refractivity contribution is 0.322. The molecule has 0 radical (unpaired) electrons. The largest absolute Gasteiger partial charge is 0.311 e. The molecule has 0 fully saturated rings. The third-order valence-electron chi connectivity index (χ3n) is 3.24. The van der Waals surface area contributed by atoms with Crippen LogP contribution in [0.4, 0.5) is 0 Å². The Labute approximate surface area is 112 Å². The first kappa shape index (κ1) is 15.0. The highest BCUT2D eigenvalue weighted by Crippen LogP contribution is 2.24. The fraction of sp³-hybridized carbons (Fsp3) is 0.529. The minimum absolute atomic E-state index is 0.0997. The average Bonchev–Trinajstić information content (AvgIpc) is 2.29. The van der Waals surface area contributed by atoms with Gasteiger partial charge in [0.05, 0.1) is 0 Å². The minimum atomic E-state index is 0.0997. The molecule has 100 valence electrons. The lowest BCUT2D eigenvalue weighted by Gasteiger charge is -2.31. The highest BCUT2D eigenvalue weighted by Gasteiger charge is 2.23. The molecule has 1 N–H and O–H groups in total. The molecule has 1 rings (SSSR count). The van der Waals surface area contributed by atoms with Crippen LogP contribution in [0.25, 0.3) is 0 Å². The molecule has 0 aliphatic rings. The van der Waals surface area contributed by atoms with Crippen molar-refractivity contribution in [2.24, 2.45) is 5.41 Å². The minimum Gasteiger partial charge on any atom is -0.311 e. The van der Waals surface area contributed by atoms with E-state index in [1.165, 1.54) is 11.1 Å². The van der Waals surface area contributed by atoms with Gasteiger partial charge in [-0.1, -0.05) is 42.8 Å². The molecule has 1 atom stereocenters. The normalized spacial score (nSPS) is 15.2. The number of hydrogen-bond donors (Lipinski definition) is 1. The molecule has 1 nitrogen and oxygen atoms in total. The van der Waals surface area contributed by atoms with E-state index in [1.54, 1.807) is 0 Å². The van der Waals surface area contributed by atoms with E-state index < -0.39 is 0 Å². The second-order valence-corrected chi connectivity index (χ2v) is 6.62. The highest BCUT2D eigenvalue weighted by molar-refractivity contribution is 5.23. The van der Waals surface area contributed by atoms with Gasteiger partial charge in [0.1, 0.15) is 0 Å². The predicted octanol–water partition coefficient (Wildman–Crippen LogP) is 4.12. The van der Waals surface area contributed by atoms with Gasteiger partial charge >= 0.3 is 0 Å². The fourth-order valence-electron chi connectivity index (χ4n) is 1.85. The van der Waals surface area contributed by atoms with Crippen LogP contribution in [0.15, 0.2) is 36.9 Å². The molecule has 0 saturated heterocycles. The van der Waals surface area contributed by atoms with Crippen LogP contribution < -0.4 is 5.32 Å². The van der Waals surface area contributed by atoms with E-state index in [2.05, 4.69) is 76.9 Å². The topological polar surface area (TPSA) is 12.0 Å². The molecule has 0 amide bonds. The molecule has 0 bridgehead atoms. The zero-order valence-corrected chi connectivity index (χ0v) is 12.5. The number of nitrogens with one attached hydrogen (secondary N) is 1. The summed E-state index contributed by atoms with van der Waals surface area (Å²) >= 11 is 0. The quantitative estimate of drug-likeness (QED) is 0.770. The summed E-state index contributed by atoms with van der Waals surface area (Å²) in [5.74, 6) is 0. The SMILES string of the molecule is C=CC(C)(CNC(C)(C)C)Cc1ccc(C)cc1. The molecule has 1 heteroatoms. The van der Waals surface area contributed by atoms with Gasteiger partial charge in [0.15, 0.2) is 0 Å². The van der Waals surface area contributed by atoms with Gasteiger partial charge in [-0.3, -0.25) is 0 Å². The van der Waals surface area contributed by atoms with Crippen molar-refractivity contribution >= 4 is 0 Å². The van der Waals surface area contributed by atoms with Gasteiger partial charge in [-0.05, 0) is 39.7 Å². The summed E-state index contributed by atoms with van der Waals surface area (Å²) < 4.78 is 0. The number of rotatable bonds is 5.